The van der Waals surface area contributed by atoms with Gasteiger partial charge in [0.05, 0.1) is 13.7 Å². The second-order valence-corrected chi connectivity index (χ2v) is 4.56. The van der Waals surface area contributed by atoms with Gasteiger partial charge in [-0.1, -0.05) is 18.2 Å². The summed E-state index contributed by atoms with van der Waals surface area (Å²) in [6.07, 6.45) is 3.25. The molecule has 0 atom stereocenters. The average molecular weight is 297 g/mol. The number of hydrogen-bond acceptors (Lipinski definition) is 3. The number of hydrogen-bond donors (Lipinski definition) is 1. The van der Waals surface area contributed by atoms with Crippen LogP contribution in [-0.4, -0.2) is 19.6 Å². The molecule has 0 saturated carbocycles. The van der Waals surface area contributed by atoms with E-state index in [0.717, 1.165) is 11.3 Å². The van der Waals surface area contributed by atoms with Gasteiger partial charge in [-0.3, -0.25) is 4.79 Å². The number of carbonyl (C=O) groups excluding carboxylic acids is 1. The number of ether oxygens (including phenoxy) is 2. The van der Waals surface area contributed by atoms with Crippen LogP contribution in [0.25, 0.3) is 6.08 Å². The maximum Gasteiger partial charge on any atom is 0.248 e. The largest absolute Gasteiger partial charge is 0.497 e. The molecule has 0 aliphatic carbocycles. The van der Waals surface area contributed by atoms with Crippen LogP contribution in [0.1, 0.15) is 12.5 Å². The third-order valence-electron chi connectivity index (χ3n) is 2.96. The summed E-state index contributed by atoms with van der Waals surface area (Å²) in [5.41, 5.74) is 1.63. The molecule has 2 aromatic rings. The first-order valence-electron chi connectivity index (χ1n) is 7.07. The first-order chi connectivity index (χ1) is 10.7. The highest BCUT2D eigenvalue weighted by molar-refractivity contribution is 6.02. The summed E-state index contributed by atoms with van der Waals surface area (Å²) in [5.74, 6) is 1.33. The zero-order chi connectivity index (χ0) is 15.8. The molecule has 22 heavy (non-hydrogen) atoms. The van der Waals surface area contributed by atoms with Gasteiger partial charge in [-0.05, 0) is 42.8 Å². The minimum absolute atomic E-state index is 0.192. The quantitative estimate of drug-likeness (QED) is 0.826. The number of rotatable bonds is 6. The minimum atomic E-state index is -0.192. The van der Waals surface area contributed by atoms with Gasteiger partial charge in [-0.25, -0.2) is 0 Å². The van der Waals surface area contributed by atoms with Gasteiger partial charge >= 0.3 is 0 Å². The van der Waals surface area contributed by atoms with Crippen LogP contribution in [0.5, 0.6) is 11.5 Å². The highest BCUT2D eigenvalue weighted by Gasteiger charge is 1.99. The fraction of sp³-hybridized carbons (Fsp3) is 0.167. The highest BCUT2D eigenvalue weighted by atomic mass is 16.5. The van der Waals surface area contributed by atoms with Crippen molar-refractivity contribution in [1.82, 2.24) is 0 Å². The number of benzene rings is 2. The molecule has 1 amide bonds. The van der Waals surface area contributed by atoms with Gasteiger partial charge in [0, 0.05) is 17.8 Å². The van der Waals surface area contributed by atoms with Crippen molar-refractivity contribution in [2.24, 2.45) is 0 Å². The maximum absolute atomic E-state index is 11.9. The van der Waals surface area contributed by atoms with Crippen molar-refractivity contribution >= 4 is 17.7 Å². The van der Waals surface area contributed by atoms with Crippen molar-refractivity contribution in [3.05, 3.63) is 60.2 Å². The van der Waals surface area contributed by atoms with Crippen LogP contribution >= 0.6 is 0 Å². The van der Waals surface area contributed by atoms with Gasteiger partial charge in [0.25, 0.3) is 0 Å². The minimum Gasteiger partial charge on any atom is -0.497 e. The molecule has 4 nitrogen and oxygen atoms in total. The summed E-state index contributed by atoms with van der Waals surface area (Å²) in [5, 5.41) is 2.79. The summed E-state index contributed by atoms with van der Waals surface area (Å²) in [6, 6.07) is 14.8. The molecule has 114 valence electrons. The first kappa shape index (κ1) is 15.6. The third-order valence-corrected chi connectivity index (χ3v) is 2.96. The summed E-state index contributed by atoms with van der Waals surface area (Å²) in [7, 11) is 1.59. The summed E-state index contributed by atoms with van der Waals surface area (Å²) in [6.45, 7) is 2.58. The van der Waals surface area contributed by atoms with Crippen molar-refractivity contribution < 1.29 is 14.3 Å². The molecule has 1 N–H and O–H groups in total. The Balaban J connectivity index is 1.95. The fourth-order valence-corrected chi connectivity index (χ4v) is 1.90. The Morgan fingerprint density at radius 1 is 1.14 bits per heavy atom. The second kappa shape index (κ2) is 7.88. The van der Waals surface area contributed by atoms with E-state index in [9.17, 15) is 4.79 Å². The number of anilines is 1. The fourth-order valence-electron chi connectivity index (χ4n) is 1.90. The van der Waals surface area contributed by atoms with E-state index in [-0.39, 0.29) is 5.91 Å². The molecule has 2 aromatic carbocycles. The van der Waals surface area contributed by atoms with E-state index in [4.69, 9.17) is 9.47 Å². The lowest BCUT2D eigenvalue weighted by molar-refractivity contribution is -0.111. The number of nitrogens with one attached hydrogen (secondary N) is 1. The topological polar surface area (TPSA) is 47.6 Å². The maximum atomic E-state index is 11.9. The van der Waals surface area contributed by atoms with Crippen molar-refractivity contribution in [3.8, 4) is 11.5 Å². The Morgan fingerprint density at radius 3 is 2.59 bits per heavy atom. The van der Waals surface area contributed by atoms with Gasteiger partial charge in [0.2, 0.25) is 5.91 Å². The highest BCUT2D eigenvalue weighted by Crippen LogP contribution is 2.17. The molecule has 2 rings (SSSR count). The van der Waals surface area contributed by atoms with Crippen LogP contribution in [-0.2, 0) is 4.79 Å². The van der Waals surface area contributed by atoms with Gasteiger partial charge < -0.3 is 14.8 Å². The molecule has 0 radical (unpaired) electrons. The lowest BCUT2D eigenvalue weighted by Crippen LogP contribution is -2.07. The molecule has 0 heterocycles. The SMILES string of the molecule is CCOc1ccc(C=CC(=O)Nc2cccc(OC)c2)cc1. The molecule has 0 aliphatic heterocycles. The normalized spacial score (nSPS) is 10.5. The molecule has 4 heteroatoms. The van der Waals surface area contributed by atoms with Crippen molar-refractivity contribution in [2.75, 3.05) is 19.0 Å². The van der Waals surface area contributed by atoms with Crippen LogP contribution in [0.15, 0.2) is 54.6 Å². The molecule has 0 aliphatic rings. The molecule has 0 aromatic heterocycles. The van der Waals surface area contributed by atoms with Crippen molar-refractivity contribution in [2.45, 2.75) is 6.92 Å². The Hall–Kier alpha value is -2.75. The summed E-state index contributed by atoms with van der Waals surface area (Å²) in [4.78, 5) is 11.9. The van der Waals surface area contributed by atoms with E-state index < -0.39 is 0 Å². The standard InChI is InChI=1S/C18H19NO3/c1-3-22-16-10-7-14(8-11-16)9-12-18(20)19-15-5-4-6-17(13-15)21-2/h4-13H,3H2,1-2H3,(H,19,20). The van der Waals surface area contributed by atoms with Crippen LogP contribution in [0.2, 0.25) is 0 Å². The van der Waals surface area contributed by atoms with Crippen LogP contribution in [0, 0.1) is 0 Å². The van der Waals surface area contributed by atoms with Gasteiger partial charge in [-0.15, -0.1) is 0 Å². The van der Waals surface area contributed by atoms with E-state index >= 15 is 0 Å². The Bertz CT molecular complexity index is 648. The molecule has 0 spiro atoms. The van der Waals surface area contributed by atoms with Gasteiger partial charge in [-0.2, -0.15) is 0 Å². The molecule has 0 fully saturated rings. The summed E-state index contributed by atoms with van der Waals surface area (Å²) >= 11 is 0. The van der Waals surface area contributed by atoms with Crippen LogP contribution in [0.3, 0.4) is 0 Å². The number of amides is 1. The summed E-state index contributed by atoms with van der Waals surface area (Å²) < 4.78 is 10.5. The van der Waals surface area contributed by atoms with Crippen LogP contribution < -0.4 is 14.8 Å². The molecular weight excluding hydrogens is 278 g/mol. The zero-order valence-electron chi connectivity index (χ0n) is 12.7. The molecule has 0 unspecified atom stereocenters. The van der Waals surface area contributed by atoms with E-state index in [2.05, 4.69) is 5.32 Å². The molecule has 0 bridgehead atoms. The third kappa shape index (κ3) is 4.66. The lowest BCUT2D eigenvalue weighted by Gasteiger charge is -2.05. The Labute approximate surface area is 130 Å². The molecule has 0 saturated heterocycles. The smallest absolute Gasteiger partial charge is 0.248 e. The Kier molecular flexibility index (Phi) is 5.60. The van der Waals surface area contributed by atoms with Gasteiger partial charge in [0.1, 0.15) is 11.5 Å². The predicted molar refractivity (Wildman–Crippen MR) is 88.3 cm³/mol. The van der Waals surface area contributed by atoms with Gasteiger partial charge in [0.15, 0.2) is 0 Å². The monoisotopic (exact) mass is 297 g/mol. The van der Waals surface area contributed by atoms with E-state index in [1.165, 1.54) is 6.08 Å². The van der Waals surface area contributed by atoms with Crippen LogP contribution in [0.4, 0.5) is 5.69 Å². The zero-order valence-corrected chi connectivity index (χ0v) is 12.7. The predicted octanol–water partition coefficient (Wildman–Crippen LogP) is 3.75. The van der Waals surface area contributed by atoms with E-state index in [0.29, 0.717) is 18.0 Å². The van der Waals surface area contributed by atoms with Crippen molar-refractivity contribution in [3.63, 3.8) is 0 Å². The Morgan fingerprint density at radius 2 is 1.91 bits per heavy atom. The number of carbonyl (C=O) groups is 1. The van der Waals surface area contributed by atoms with E-state index in [1.807, 2.05) is 49.4 Å². The lowest BCUT2D eigenvalue weighted by atomic mass is 10.2. The van der Waals surface area contributed by atoms with E-state index in [1.54, 1.807) is 19.3 Å². The van der Waals surface area contributed by atoms with Crippen molar-refractivity contribution in [1.29, 1.82) is 0 Å². The average Bonchev–Trinajstić information content (AvgIpc) is 2.55. The first-order valence-corrected chi connectivity index (χ1v) is 7.07. The second-order valence-electron chi connectivity index (χ2n) is 4.56. The number of methoxy groups -OCH3 is 1. The molecular formula is C18H19NO3.